The quantitative estimate of drug-likeness (QED) is 0.747. The molecule has 0 saturated heterocycles. The molecule has 0 saturated carbocycles. The van der Waals surface area contributed by atoms with Crippen molar-refractivity contribution in [3.05, 3.63) is 34.9 Å². The molecule has 3 amide bonds. The van der Waals surface area contributed by atoms with Gasteiger partial charge in [-0.2, -0.15) is 0 Å². The lowest BCUT2D eigenvalue weighted by atomic mass is 10.1. The zero-order valence-electron chi connectivity index (χ0n) is 10.1. The fourth-order valence-corrected chi connectivity index (χ4v) is 1.67. The van der Waals surface area contributed by atoms with E-state index in [9.17, 15) is 9.59 Å². The van der Waals surface area contributed by atoms with Gasteiger partial charge in [0.25, 0.3) is 0 Å². The predicted molar refractivity (Wildman–Crippen MR) is 70.3 cm³/mol. The van der Waals surface area contributed by atoms with Gasteiger partial charge in [-0.05, 0) is 31.0 Å². The van der Waals surface area contributed by atoms with Crippen LogP contribution in [0.4, 0.5) is 4.79 Å². The van der Waals surface area contributed by atoms with E-state index in [4.69, 9.17) is 17.3 Å². The molecule has 0 unspecified atom stereocenters. The monoisotopic (exact) mass is 269 g/mol. The number of halogens is 1. The molecular formula is C12H16ClN3O2. The van der Waals surface area contributed by atoms with Gasteiger partial charge in [-0.1, -0.05) is 23.7 Å². The average Bonchev–Trinajstić information content (AvgIpc) is 2.28. The van der Waals surface area contributed by atoms with Crippen LogP contribution in [0.25, 0.3) is 0 Å². The molecule has 1 aromatic carbocycles. The molecule has 4 N–H and O–H groups in total. The van der Waals surface area contributed by atoms with Crippen molar-refractivity contribution in [2.24, 2.45) is 5.73 Å². The topological polar surface area (TPSA) is 84.2 Å². The summed E-state index contributed by atoms with van der Waals surface area (Å²) in [5, 5.41) is 5.68. The molecule has 0 radical (unpaired) electrons. The number of hydrogen-bond donors (Lipinski definition) is 3. The average molecular weight is 270 g/mol. The molecule has 0 fully saturated rings. The van der Waals surface area contributed by atoms with Gasteiger partial charge in [0.05, 0.1) is 0 Å². The molecule has 0 aliphatic heterocycles. The number of nitrogens with one attached hydrogen (secondary N) is 2. The van der Waals surface area contributed by atoms with Crippen LogP contribution in [0.2, 0.25) is 5.02 Å². The third kappa shape index (κ3) is 5.05. The first-order valence-electron chi connectivity index (χ1n) is 5.57. The summed E-state index contributed by atoms with van der Waals surface area (Å²) in [4.78, 5) is 22.1. The molecule has 0 aliphatic carbocycles. The fraction of sp³-hybridized carbons (Fsp3) is 0.333. The molecule has 98 valence electrons. The summed E-state index contributed by atoms with van der Waals surface area (Å²) in [5.74, 6) is -0.268. The van der Waals surface area contributed by atoms with Crippen molar-refractivity contribution >= 4 is 23.5 Å². The summed E-state index contributed by atoms with van der Waals surface area (Å²) >= 11 is 5.85. The van der Waals surface area contributed by atoms with Crippen LogP contribution in [0.3, 0.4) is 0 Å². The van der Waals surface area contributed by atoms with Crippen LogP contribution in [0.5, 0.6) is 0 Å². The molecule has 1 rings (SSSR count). The summed E-state index contributed by atoms with van der Waals surface area (Å²) in [7, 11) is 0. The van der Waals surface area contributed by atoms with E-state index in [1.807, 2.05) is 18.2 Å². The number of amides is 3. The predicted octanol–water partition coefficient (Wildman–Crippen LogP) is 1.06. The SMILES string of the molecule is C[C@H](NC(N)=O)C(=O)NCCc1cccc(Cl)c1. The van der Waals surface area contributed by atoms with Crippen molar-refractivity contribution in [3.63, 3.8) is 0 Å². The lowest BCUT2D eigenvalue weighted by Crippen LogP contribution is -2.47. The second-order valence-electron chi connectivity index (χ2n) is 3.90. The third-order valence-corrected chi connectivity index (χ3v) is 2.59. The summed E-state index contributed by atoms with van der Waals surface area (Å²) in [6.07, 6.45) is 0.676. The summed E-state index contributed by atoms with van der Waals surface area (Å²) in [6, 6.07) is 6.08. The van der Waals surface area contributed by atoms with Crippen molar-refractivity contribution in [2.75, 3.05) is 6.54 Å². The first kappa shape index (κ1) is 14.3. The van der Waals surface area contributed by atoms with E-state index in [1.165, 1.54) is 0 Å². The molecule has 0 spiro atoms. The van der Waals surface area contributed by atoms with Gasteiger partial charge >= 0.3 is 6.03 Å². The Balaban J connectivity index is 2.33. The van der Waals surface area contributed by atoms with Crippen LogP contribution in [0, 0.1) is 0 Å². The van der Waals surface area contributed by atoms with Gasteiger partial charge in [0.1, 0.15) is 6.04 Å². The second-order valence-corrected chi connectivity index (χ2v) is 4.34. The Morgan fingerprint density at radius 3 is 2.78 bits per heavy atom. The zero-order valence-corrected chi connectivity index (χ0v) is 10.8. The van der Waals surface area contributed by atoms with Crippen LogP contribution in [-0.2, 0) is 11.2 Å². The Morgan fingerprint density at radius 1 is 1.44 bits per heavy atom. The standard InChI is InChI=1S/C12H16ClN3O2/c1-8(16-12(14)18)11(17)15-6-5-9-3-2-4-10(13)7-9/h2-4,7-8H,5-6H2,1H3,(H,15,17)(H3,14,16,18)/t8-/m0/s1. The molecular weight excluding hydrogens is 254 g/mol. The number of primary amides is 1. The largest absolute Gasteiger partial charge is 0.354 e. The smallest absolute Gasteiger partial charge is 0.312 e. The Labute approximate surface area is 111 Å². The Bertz CT molecular complexity index is 437. The maximum atomic E-state index is 11.5. The highest BCUT2D eigenvalue weighted by Gasteiger charge is 2.12. The first-order chi connectivity index (χ1) is 8.49. The first-order valence-corrected chi connectivity index (χ1v) is 5.95. The van der Waals surface area contributed by atoms with Crippen molar-refractivity contribution in [2.45, 2.75) is 19.4 Å². The molecule has 0 heterocycles. The maximum Gasteiger partial charge on any atom is 0.312 e. The molecule has 1 atom stereocenters. The van der Waals surface area contributed by atoms with E-state index in [1.54, 1.807) is 13.0 Å². The third-order valence-electron chi connectivity index (χ3n) is 2.35. The van der Waals surface area contributed by atoms with Crippen molar-refractivity contribution < 1.29 is 9.59 Å². The van der Waals surface area contributed by atoms with E-state index < -0.39 is 12.1 Å². The van der Waals surface area contributed by atoms with Crippen LogP contribution < -0.4 is 16.4 Å². The minimum absolute atomic E-state index is 0.268. The second kappa shape index (κ2) is 6.86. The summed E-state index contributed by atoms with van der Waals surface area (Å²) in [5.41, 5.74) is 5.96. The van der Waals surface area contributed by atoms with Gasteiger partial charge in [0.2, 0.25) is 5.91 Å². The molecule has 6 heteroatoms. The van der Waals surface area contributed by atoms with Crippen LogP contribution >= 0.6 is 11.6 Å². The Morgan fingerprint density at radius 2 is 2.17 bits per heavy atom. The highest BCUT2D eigenvalue weighted by molar-refractivity contribution is 6.30. The van der Waals surface area contributed by atoms with E-state index in [2.05, 4.69) is 10.6 Å². The number of rotatable bonds is 5. The highest BCUT2D eigenvalue weighted by Crippen LogP contribution is 2.10. The number of benzene rings is 1. The van der Waals surface area contributed by atoms with Gasteiger partial charge in [-0.3, -0.25) is 4.79 Å². The minimum Gasteiger partial charge on any atom is -0.354 e. The lowest BCUT2D eigenvalue weighted by molar-refractivity contribution is -0.122. The Kier molecular flexibility index (Phi) is 5.45. The van der Waals surface area contributed by atoms with Gasteiger partial charge in [0, 0.05) is 11.6 Å². The highest BCUT2D eigenvalue weighted by atomic mass is 35.5. The number of carbonyl (C=O) groups is 2. The molecule has 0 aliphatic rings. The van der Waals surface area contributed by atoms with Gasteiger partial charge < -0.3 is 16.4 Å². The number of nitrogens with two attached hydrogens (primary N) is 1. The lowest BCUT2D eigenvalue weighted by Gasteiger charge is -2.12. The van der Waals surface area contributed by atoms with Crippen molar-refractivity contribution in [1.82, 2.24) is 10.6 Å². The number of hydrogen-bond acceptors (Lipinski definition) is 2. The molecule has 5 nitrogen and oxygen atoms in total. The van der Waals surface area contributed by atoms with Gasteiger partial charge in [0.15, 0.2) is 0 Å². The van der Waals surface area contributed by atoms with E-state index in [0.29, 0.717) is 18.0 Å². The summed E-state index contributed by atoms with van der Waals surface area (Å²) < 4.78 is 0. The fourth-order valence-electron chi connectivity index (χ4n) is 1.45. The number of carbonyl (C=O) groups excluding carboxylic acids is 2. The molecule has 1 aromatic rings. The van der Waals surface area contributed by atoms with E-state index in [-0.39, 0.29) is 5.91 Å². The zero-order chi connectivity index (χ0) is 13.5. The molecule has 0 bridgehead atoms. The van der Waals surface area contributed by atoms with Crippen LogP contribution in [0.15, 0.2) is 24.3 Å². The van der Waals surface area contributed by atoms with E-state index >= 15 is 0 Å². The van der Waals surface area contributed by atoms with Crippen molar-refractivity contribution in [3.8, 4) is 0 Å². The summed E-state index contributed by atoms with van der Waals surface area (Å²) in [6.45, 7) is 2.05. The molecule has 0 aromatic heterocycles. The molecule has 18 heavy (non-hydrogen) atoms. The van der Waals surface area contributed by atoms with Crippen LogP contribution in [0.1, 0.15) is 12.5 Å². The van der Waals surface area contributed by atoms with Gasteiger partial charge in [-0.15, -0.1) is 0 Å². The van der Waals surface area contributed by atoms with Crippen LogP contribution in [-0.4, -0.2) is 24.5 Å². The van der Waals surface area contributed by atoms with E-state index in [0.717, 1.165) is 5.56 Å². The normalized spacial score (nSPS) is 11.7. The minimum atomic E-state index is -0.715. The Hall–Kier alpha value is -1.75. The van der Waals surface area contributed by atoms with Crippen molar-refractivity contribution in [1.29, 1.82) is 0 Å². The number of urea groups is 1. The maximum absolute atomic E-state index is 11.5. The van der Waals surface area contributed by atoms with Gasteiger partial charge in [-0.25, -0.2) is 4.79 Å².